The van der Waals surface area contributed by atoms with Gasteiger partial charge in [-0.1, -0.05) is 16.9 Å². The lowest BCUT2D eigenvalue weighted by molar-refractivity contribution is -0.380. The fourth-order valence-electron chi connectivity index (χ4n) is 1.12. The van der Waals surface area contributed by atoms with Crippen molar-refractivity contribution < 1.29 is 4.92 Å². The molecular weight excluding hydrogens is 236 g/mol. The number of thiophene rings is 1. The fraction of sp³-hybridized carbons (Fsp3) is 0.333. The third-order valence-electron chi connectivity index (χ3n) is 1.78. The molecule has 2 N–H and O–H groups in total. The van der Waals surface area contributed by atoms with Crippen molar-refractivity contribution in [3.63, 3.8) is 0 Å². The van der Waals surface area contributed by atoms with Crippen molar-refractivity contribution in [2.24, 2.45) is 5.73 Å². The Hall–Kier alpha value is -0.910. The van der Waals surface area contributed by atoms with E-state index in [-0.39, 0.29) is 23.4 Å². The molecule has 4 nitrogen and oxygen atoms in total. The monoisotopic (exact) mass is 248 g/mol. The van der Waals surface area contributed by atoms with Crippen LogP contribution in [0.15, 0.2) is 23.6 Å². The fourth-order valence-corrected chi connectivity index (χ4v) is 1.91. The SMILES string of the molecule is C=C(C)C[C@H](N)c1csc([N+](=O)[O-])c1.Cl. The van der Waals surface area contributed by atoms with E-state index < -0.39 is 4.92 Å². The van der Waals surface area contributed by atoms with Crippen LogP contribution in [0.25, 0.3) is 0 Å². The molecule has 6 heteroatoms. The van der Waals surface area contributed by atoms with Gasteiger partial charge in [0, 0.05) is 17.5 Å². The van der Waals surface area contributed by atoms with Gasteiger partial charge in [0.15, 0.2) is 0 Å². The molecule has 0 fully saturated rings. The molecule has 0 aromatic carbocycles. The van der Waals surface area contributed by atoms with E-state index in [9.17, 15) is 10.1 Å². The number of nitro groups is 1. The van der Waals surface area contributed by atoms with E-state index in [1.54, 1.807) is 5.38 Å². The first-order valence-corrected chi connectivity index (χ1v) is 5.01. The lowest BCUT2D eigenvalue weighted by Gasteiger charge is -2.07. The van der Waals surface area contributed by atoms with Crippen LogP contribution in [0.3, 0.4) is 0 Å². The van der Waals surface area contributed by atoms with Crippen molar-refractivity contribution in [3.8, 4) is 0 Å². The van der Waals surface area contributed by atoms with E-state index in [1.807, 2.05) is 6.92 Å². The predicted octanol–water partition coefficient (Wildman–Crippen LogP) is 3.04. The quantitative estimate of drug-likeness (QED) is 0.506. The Morgan fingerprint density at radius 1 is 1.80 bits per heavy atom. The third kappa shape index (κ3) is 3.99. The minimum Gasteiger partial charge on any atom is -0.324 e. The molecular formula is C9H13ClN2O2S. The summed E-state index contributed by atoms with van der Waals surface area (Å²) in [5.74, 6) is 0. The highest BCUT2D eigenvalue weighted by molar-refractivity contribution is 7.13. The highest BCUT2D eigenvalue weighted by Gasteiger charge is 2.14. The van der Waals surface area contributed by atoms with Crippen LogP contribution in [0.4, 0.5) is 5.00 Å². The largest absolute Gasteiger partial charge is 0.324 e. The normalized spacial score (nSPS) is 11.6. The summed E-state index contributed by atoms with van der Waals surface area (Å²) in [7, 11) is 0. The van der Waals surface area contributed by atoms with Crippen molar-refractivity contribution in [1.29, 1.82) is 0 Å². The van der Waals surface area contributed by atoms with Gasteiger partial charge in [-0.25, -0.2) is 0 Å². The topological polar surface area (TPSA) is 69.2 Å². The number of hydrogen-bond donors (Lipinski definition) is 1. The summed E-state index contributed by atoms with van der Waals surface area (Å²) >= 11 is 1.10. The van der Waals surface area contributed by atoms with Crippen LogP contribution in [0.1, 0.15) is 24.9 Å². The number of halogens is 1. The smallest absolute Gasteiger partial charge is 0.324 e. The van der Waals surface area contributed by atoms with Crippen LogP contribution in [-0.2, 0) is 0 Å². The number of nitrogens with two attached hydrogens (primary N) is 1. The first kappa shape index (κ1) is 14.1. The summed E-state index contributed by atoms with van der Waals surface area (Å²) in [6.07, 6.45) is 0.661. The number of rotatable bonds is 4. The molecule has 0 unspecified atom stereocenters. The summed E-state index contributed by atoms with van der Waals surface area (Å²) in [6, 6.07) is 1.34. The van der Waals surface area contributed by atoms with Crippen LogP contribution in [-0.4, -0.2) is 4.92 Å². The van der Waals surface area contributed by atoms with E-state index in [0.717, 1.165) is 22.5 Å². The van der Waals surface area contributed by atoms with Gasteiger partial charge in [0.1, 0.15) is 0 Å². The summed E-state index contributed by atoms with van der Waals surface area (Å²) in [6.45, 7) is 5.64. The summed E-state index contributed by atoms with van der Waals surface area (Å²) in [5.41, 5.74) is 7.62. The minimum atomic E-state index is -0.401. The Morgan fingerprint density at radius 3 is 2.80 bits per heavy atom. The van der Waals surface area contributed by atoms with Gasteiger partial charge in [-0.15, -0.1) is 19.0 Å². The Kier molecular flexibility index (Phi) is 5.49. The van der Waals surface area contributed by atoms with Gasteiger partial charge in [-0.2, -0.15) is 0 Å². The molecule has 0 aliphatic heterocycles. The number of nitrogens with zero attached hydrogens (tertiary/aromatic N) is 1. The zero-order valence-electron chi connectivity index (χ0n) is 8.30. The predicted molar refractivity (Wildman–Crippen MR) is 64.6 cm³/mol. The van der Waals surface area contributed by atoms with Gasteiger partial charge < -0.3 is 5.73 Å². The molecule has 0 aliphatic rings. The first-order chi connectivity index (χ1) is 6.50. The van der Waals surface area contributed by atoms with E-state index in [0.29, 0.717) is 6.42 Å². The molecule has 0 amide bonds. The van der Waals surface area contributed by atoms with Gasteiger partial charge in [0.25, 0.3) is 0 Å². The zero-order valence-corrected chi connectivity index (χ0v) is 9.94. The minimum absolute atomic E-state index is 0. The Morgan fingerprint density at radius 2 is 2.40 bits per heavy atom. The van der Waals surface area contributed by atoms with Crippen molar-refractivity contribution in [2.45, 2.75) is 19.4 Å². The second-order valence-corrected chi connectivity index (χ2v) is 4.13. The number of hydrogen-bond acceptors (Lipinski definition) is 4. The Balaban J connectivity index is 0.00000196. The highest BCUT2D eigenvalue weighted by atomic mass is 35.5. The molecule has 1 aromatic rings. The highest BCUT2D eigenvalue weighted by Crippen LogP contribution is 2.28. The van der Waals surface area contributed by atoms with Gasteiger partial charge in [-0.05, 0) is 18.9 Å². The van der Waals surface area contributed by atoms with Crippen LogP contribution >= 0.6 is 23.7 Å². The van der Waals surface area contributed by atoms with Gasteiger partial charge in [0.05, 0.1) is 4.92 Å². The lowest BCUT2D eigenvalue weighted by atomic mass is 10.0. The molecule has 1 rings (SSSR count). The van der Waals surface area contributed by atoms with Crippen LogP contribution in [0.5, 0.6) is 0 Å². The van der Waals surface area contributed by atoms with E-state index in [4.69, 9.17) is 5.73 Å². The molecule has 0 spiro atoms. The molecule has 1 aromatic heterocycles. The summed E-state index contributed by atoms with van der Waals surface area (Å²) < 4.78 is 0. The standard InChI is InChI=1S/C9H12N2O2S.ClH/c1-6(2)3-8(10)7-4-9(11(12)13)14-5-7;/h4-5,8H,1,3,10H2,2H3;1H/t8-;/m0./s1. The van der Waals surface area contributed by atoms with E-state index in [2.05, 4.69) is 6.58 Å². The molecule has 0 saturated heterocycles. The average molecular weight is 249 g/mol. The lowest BCUT2D eigenvalue weighted by Crippen LogP contribution is -2.09. The second kappa shape index (κ2) is 5.85. The van der Waals surface area contributed by atoms with Gasteiger partial charge >= 0.3 is 5.00 Å². The molecule has 0 radical (unpaired) electrons. The molecule has 0 aliphatic carbocycles. The van der Waals surface area contributed by atoms with Crippen molar-refractivity contribution in [2.75, 3.05) is 0 Å². The maximum Gasteiger partial charge on any atom is 0.324 e. The maximum atomic E-state index is 10.4. The summed E-state index contributed by atoms with van der Waals surface area (Å²) in [5, 5.41) is 12.3. The first-order valence-electron chi connectivity index (χ1n) is 4.13. The van der Waals surface area contributed by atoms with Crippen LogP contribution in [0.2, 0.25) is 0 Å². The molecule has 84 valence electrons. The molecule has 0 bridgehead atoms. The molecule has 1 atom stereocenters. The average Bonchev–Trinajstić information content (AvgIpc) is 2.50. The zero-order chi connectivity index (χ0) is 10.7. The molecule has 15 heavy (non-hydrogen) atoms. The van der Waals surface area contributed by atoms with Crippen LogP contribution in [0, 0.1) is 10.1 Å². The van der Waals surface area contributed by atoms with Crippen molar-refractivity contribution in [3.05, 3.63) is 39.3 Å². The molecule has 1 heterocycles. The Labute approximate surface area is 98.4 Å². The van der Waals surface area contributed by atoms with Gasteiger partial charge in [0.2, 0.25) is 0 Å². The van der Waals surface area contributed by atoms with Gasteiger partial charge in [-0.3, -0.25) is 10.1 Å². The third-order valence-corrected chi connectivity index (χ3v) is 2.68. The van der Waals surface area contributed by atoms with Crippen molar-refractivity contribution in [1.82, 2.24) is 0 Å². The van der Waals surface area contributed by atoms with Crippen molar-refractivity contribution >= 4 is 28.7 Å². The van der Waals surface area contributed by atoms with Crippen LogP contribution < -0.4 is 5.73 Å². The van der Waals surface area contributed by atoms with E-state index in [1.165, 1.54) is 6.07 Å². The molecule has 0 saturated carbocycles. The maximum absolute atomic E-state index is 10.4. The second-order valence-electron chi connectivity index (χ2n) is 3.24. The van der Waals surface area contributed by atoms with E-state index >= 15 is 0 Å². The summed E-state index contributed by atoms with van der Waals surface area (Å²) in [4.78, 5) is 10.0. The Bertz CT molecular complexity index is 365.